The van der Waals surface area contributed by atoms with Crippen molar-refractivity contribution >= 4 is 34.8 Å². The van der Waals surface area contributed by atoms with E-state index in [-0.39, 0.29) is 21.7 Å². The average molecular weight is 303 g/mol. The molecule has 0 aromatic heterocycles. The highest BCUT2D eigenvalue weighted by atomic mass is 35.5. The van der Waals surface area contributed by atoms with Gasteiger partial charge in [0.2, 0.25) is 0 Å². The predicted molar refractivity (Wildman–Crippen MR) is 74.9 cm³/mol. The zero-order valence-electron chi connectivity index (χ0n) is 10.2. The maximum atomic E-state index is 11.9. The second-order valence-electron chi connectivity index (χ2n) is 3.95. The summed E-state index contributed by atoms with van der Waals surface area (Å²) in [5.41, 5.74) is -0.298. The molecule has 0 aliphatic heterocycles. The molecule has 1 atom stereocenters. The van der Waals surface area contributed by atoms with Crippen molar-refractivity contribution < 1.29 is 9.72 Å². The number of halogens is 2. The van der Waals surface area contributed by atoms with Crippen LogP contribution >= 0.6 is 23.2 Å². The van der Waals surface area contributed by atoms with Crippen molar-refractivity contribution in [1.82, 2.24) is 5.32 Å². The smallest absolute Gasteiger partial charge is 0.290 e. The van der Waals surface area contributed by atoms with E-state index < -0.39 is 16.5 Å². The number of benzene rings is 1. The van der Waals surface area contributed by atoms with Gasteiger partial charge >= 0.3 is 0 Å². The van der Waals surface area contributed by atoms with Gasteiger partial charge in [0.25, 0.3) is 11.6 Å². The van der Waals surface area contributed by atoms with Gasteiger partial charge in [0.05, 0.1) is 9.95 Å². The van der Waals surface area contributed by atoms with E-state index in [4.69, 9.17) is 23.2 Å². The SMILES string of the molecule is C=CCC(C)NC(=O)c1cc(Cl)c(Cl)c([N+](=O)[O-])c1. The quantitative estimate of drug-likeness (QED) is 0.513. The van der Waals surface area contributed by atoms with Crippen LogP contribution in [0.15, 0.2) is 24.8 Å². The number of nitrogens with one attached hydrogen (secondary N) is 1. The monoisotopic (exact) mass is 302 g/mol. The fourth-order valence-electron chi connectivity index (χ4n) is 1.45. The standard InChI is InChI=1S/C12H12Cl2N2O3/c1-3-4-7(2)15-12(17)8-5-9(13)11(14)10(6-8)16(18)19/h3,5-7H,1,4H2,2H3,(H,15,17). The molecule has 102 valence electrons. The number of nitro benzene ring substituents is 1. The molecule has 0 bridgehead atoms. The van der Waals surface area contributed by atoms with Gasteiger partial charge < -0.3 is 5.32 Å². The third-order valence-electron chi connectivity index (χ3n) is 2.37. The van der Waals surface area contributed by atoms with Gasteiger partial charge in [-0.25, -0.2) is 0 Å². The first-order chi connectivity index (χ1) is 8.86. The molecule has 1 N–H and O–H groups in total. The minimum absolute atomic E-state index is 0.0302. The van der Waals surface area contributed by atoms with Crippen molar-refractivity contribution in [3.63, 3.8) is 0 Å². The number of nitro groups is 1. The molecule has 1 amide bonds. The second kappa shape index (κ2) is 6.54. The fourth-order valence-corrected chi connectivity index (χ4v) is 1.85. The topological polar surface area (TPSA) is 72.2 Å². The number of carbonyl (C=O) groups excluding carboxylic acids is 1. The van der Waals surface area contributed by atoms with Gasteiger partial charge in [-0.1, -0.05) is 29.3 Å². The van der Waals surface area contributed by atoms with E-state index >= 15 is 0 Å². The van der Waals surface area contributed by atoms with Crippen molar-refractivity contribution in [2.24, 2.45) is 0 Å². The van der Waals surface area contributed by atoms with Crippen LogP contribution in [0.5, 0.6) is 0 Å². The lowest BCUT2D eigenvalue weighted by molar-refractivity contribution is -0.384. The first kappa shape index (κ1) is 15.5. The summed E-state index contributed by atoms with van der Waals surface area (Å²) in [6, 6.07) is 2.27. The number of amides is 1. The Balaban J connectivity index is 3.04. The van der Waals surface area contributed by atoms with E-state index in [1.807, 2.05) is 0 Å². The average Bonchev–Trinajstić information content (AvgIpc) is 2.32. The summed E-state index contributed by atoms with van der Waals surface area (Å²) in [4.78, 5) is 22.0. The molecule has 5 nitrogen and oxygen atoms in total. The molecule has 0 saturated heterocycles. The number of carbonyl (C=O) groups is 1. The highest BCUT2D eigenvalue weighted by molar-refractivity contribution is 6.43. The second-order valence-corrected chi connectivity index (χ2v) is 4.73. The Morgan fingerprint density at radius 2 is 2.21 bits per heavy atom. The van der Waals surface area contributed by atoms with Crippen LogP contribution in [-0.4, -0.2) is 16.9 Å². The number of hydrogen-bond acceptors (Lipinski definition) is 3. The minimum atomic E-state index is -0.682. The molecule has 7 heteroatoms. The number of nitrogens with zero attached hydrogens (tertiary/aromatic N) is 1. The van der Waals surface area contributed by atoms with E-state index in [9.17, 15) is 14.9 Å². The maximum absolute atomic E-state index is 11.9. The van der Waals surface area contributed by atoms with Gasteiger partial charge in [0.15, 0.2) is 0 Å². The van der Waals surface area contributed by atoms with Crippen LogP contribution in [0, 0.1) is 10.1 Å². The van der Waals surface area contributed by atoms with Gasteiger partial charge in [-0.2, -0.15) is 0 Å². The van der Waals surface area contributed by atoms with Crippen LogP contribution in [0.1, 0.15) is 23.7 Å². The molecule has 0 saturated carbocycles. The summed E-state index contributed by atoms with van der Waals surface area (Å²) in [6.07, 6.45) is 2.26. The van der Waals surface area contributed by atoms with Crippen LogP contribution in [-0.2, 0) is 0 Å². The van der Waals surface area contributed by atoms with Crippen molar-refractivity contribution in [2.75, 3.05) is 0 Å². The lowest BCUT2D eigenvalue weighted by atomic mass is 10.1. The summed E-state index contributed by atoms with van der Waals surface area (Å²) in [6.45, 7) is 5.36. The van der Waals surface area contributed by atoms with Crippen LogP contribution in [0.4, 0.5) is 5.69 Å². The van der Waals surface area contributed by atoms with Gasteiger partial charge in [0.1, 0.15) is 5.02 Å². The molecule has 0 aliphatic carbocycles. The lowest BCUT2D eigenvalue weighted by Crippen LogP contribution is -2.32. The minimum Gasteiger partial charge on any atom is -0.349 e. The lowest BCUT2D eigenvalue weighted by Gasteiger charge is -2.12. The van der Waals surface area contributed by atoms with Gasteiger partial charge in [-0.3, -0.25) is 14.9 Å². The fraction of sp³-hybridized carbons (Fsp3) is 0.250. The molecular formula is C12H12Cl2N2O3. The zero-order chi connectivity index (χ0) is 14.6. The number of hydrogen-bond donors (Lipinski definition) is 1. The van der Waals surface area contributed by atoms with Crippen molar-refractivity contribution in [1.29, 1.82) is 0 Å². The first-order valence-corrected chi connectivity index (χ1v) is 6.17. The highest BCUT2D eigenvalue weighted by Crippen LogP contribution is 2.33. The molecule has 19 heavy (non-hydrogen) atoms. The summed E-state index contributed by atoms with van der Waals surface area (Å²) in [7, 11) is 0. The van der Waals surface area contributed by atoms with Crippen molar-refractivity contribution in [3.05, 3.63) is 50.5 Å². The van der Waals surface area contributed by atoms with E-state index in [0.29, 0.717) is 6.42 Å². The first-order valence-electron chi connectivity index (χ1n) is 5.42. The summed E-state index contributed by atoms with van der Waals surface area (Å²) >= 11 is 11.5. The Hall–Kier alpha value is -1.59. The van der Waals surface area contributed by atoms with Gasteiger partial charge in [-0.15, -0.1) is 6.58 Å². The third kappa shape index (κ3) is 3.94. The largest absolute Gasteiger partial charge is 0.349 e. The Morgan fingerprint density at radius 1 is 1.58 bits per heavy atom. The highest BCUT2D eigenvalue weighted by Gasteiger charge is 2.20. The van der Waals surface area contributed by atoms with E-state index in [0.717, 1.165) is 6.07 Å². The molecule has 1 rings (SSSR count). The van der Waals surface area contributed by atoms with Gasteiger partial charge in [-0.05, 0) is 19.4 Å². The molecular weight excluding hydrogens is 291 g/mol. The molecule has 1 aromatic carbocycles. The third-order valence-corrected chi connectivity index (χ3v) is 3.16. The van der Waals surface area contributed by atoms with Crippen LogP contribution in [0.3, 0.4) is 0 Å². The van der Waals surface area contributed by atoms with E-state index in [2.05, 4.69) is 11.9 Å². The Morgan fingerprint density at radius 3 is 2.74 bits per heavy atom. The molecule has 0 fully saturated rings. The molecule has 0 aliphatic rings. The van der Waals surface area contributed by atoms with Crippen LogP contribution in [0.2, 0.25) is 10.0 Å². The Labute approximate surface area is 120 Å². The number of rotatable bonds is 5. The summed E-state index contributed by atoms with van der Waals surface area (Å²) in [5, 5.41) is 13.3. The van der Waals surface area contributed by atoms with Crippen LogP contribution < -0.4 is 5.32 Å². The molecule has 1 unspecified atom stereocenters. The molecule has 1 aromatic rings. The van der Waals surface area contributed by atoms with Gasteiger partial charge in [0, 0.05) is 17.7 Å². The maximum Gasteiger partial charge on any atom is 0.290 e. The van der Waals surface area contributed by atoms with E-state index in [1.54, 1.807) is 13.0 Å². The molecule has 0 heterocycles. The Kier molecular flexibility index (Phi) is 5.32. The van der Waals surface area contributed by atoms with Crippen molar-refractivity contribution in [3.8, 4) is 0 Å². The van der Waals surface area contributed by atoms with Crippen LogP contribution in [0.25, 0.3) is 0 Å². The summed E-state index contributed by atoms with van der Waals surface area (Å²) in [5.74, 6) is -0.448. The zero-order valence-corrected chi connectivity index (χ0v) is 11.7. The van der Waals surface area contributed by atoms with E-state index in [1.165, 1.54) is 6.07 Å². The normalized spacial score (nSPS) is 11.7. The predicted octanol–water partition coefficient (Wildman–Crippen LogP) is 3.60. The molecule has 0 radical (unpaired) electrons. The van der Waals surface area contributed by atoms with Crippen molar-refractivity contribution in [2.45, 2.75) is 19.4 Å². The summed E-state index contributed by atoms with van der Waals surface area (Å²) < 4.78 is 0. The molecule has 0 spiro atoms. The Bertz CT molecular complexity index is 532.